The van der Waals surface area contributed by atoms with Gasteiger partial charge in [-0.1, -0.05) is 84.0 Å². The number of nitrogens with zero attached hydrogens (tertiary/aromatic N) is 2. The number of rotatable bonds is 17. The van der Waals surface area contributed by atoms with E-state index in [2.05, 4.69) is 11.9 Å². The van der Waals surface area contributed by atoms with Gasteiger partial charge in [-0.15, -0.1) is 0 Å². The molecule has 0 aliphatic carbocycles. The highest BCUT2D eigenvalue weighted by Gasteiger charge is 2.25. The van der Waals surface area contributed by atoms with Gasteiger partial charge in [0.05, 0.1) is 12.6 Å². The number of aliphatic hydroxyl groups excluding tert-OH is 1. The first-order valence-corrected chi connectivity index (χ1v) is 10.8. The Kier molecular flexibility index (Phi) is 13.2. The Morgan fingerprint density at radius 2 is 1.54 bits per heavy atom. The number of hydrogen-bond acceptors (Lipinski definition) is 4. The van der Waals surface area contributed by atoms with Crippen LogP contribution in [0.25, 0.3) is 0 Å². The number of aliphatic hydroxyl groups is 1. The van der Waals surface area contributed by atoms with Crippen LogP contribution in [0.3, 0.4) is 0 Å². The van der Waals surface area contributed by atoms with Crippen molar-refractivity contribution in [2.24, 2.45) is 4.99 Å². The van der Waals surface area contributed by atoms with Crippen molar-refractivity contribution < 1.29 is 15.0 Å². The molecule has 0 saturated carbocycles. The van der Waals surface area contributed by atoms with E-state index in [1.807, 2.05) is 4.90 Å². The van der Waals surface area contributed by atoms with Crippen LogP contribution in [0.15, 0.2) is 4.99 Å². The first kappa shape index (κ1) is 22.9. The number of carboxylic acids is 1. The monoisotopic (exact) mass is 368 g/mol. The van der Waals surface area contributed by atoms with Crippen LogP contribution < -0.4 is 0 Å². The summed E-state index contributed by atoms with van der Waals surface area (Å²) in [4.78, 5) is 17.4. The van der Waals surface area contributed by atoms with Crippen molar-refractivity contribution in [2.45, 2.75) is 103 Å². The van der Waals surface area contributed by atoms with E-state index in [0.717, 1.165) is 13.0 Å². The number of aliphatic carboxylic acids is 1. The first-order chi connectivity index (χ1) is 12.7. The maximum Gasteiger partial charge on any atom is 0.310 e. The number of hydrogen-bond donors (Lipinski definition) is 2. The van der Waals surface area contributed by atoms with Crippen molar-refractivity contribution in [3.8, 4) is 0 Å². The van der Waals surface area contributed by atoms with E-state index >= 15 is 0 Å². The maximum atomic E-state index is 10.9. The van der Waals surface area contributed by atoms with Crippen molar-refractivity contribution in [1.29, 1.82) is 0 Å². The summed E-state index contributed by atoms with van der Waals surface area (Å²) < 4.78 is 0. The fraction of sp³-hybridized carbons (Fsp3) is 0.905. The summed E-state index contributed by atoms with van der Waals surface area (Å²) in [6.45, 7) is 3.56. The van der Waals surface area contributed by atoms with Gasteiger partial charge in [-0.3, -0.25) is 9.79 Å². The molecule has 0 bridgehead atoms. The minimum atomic E-state index is -0.849. The fourth-order valence-corrected chi connectivity index (χ4v) is 3.70. The Morgan fingerprint density at radius 1 is 1.00 bits per heavy atom. The molecular formula is C21H40N2O3. The third-order valence-electron chi connectivity index (χ3n) is 5.20. The molecule has 0 spiro atoms. The summed E-state index contributed by atoms with van der Waals surface area (Å²) >= 11 is 0. The third-order valence-corrected chi connectivity index (χ3v) is 5.20. The lowest BCUT2D eigenvalue weighted by Crippen LogP contribution is -2.33. The number of carbonyl (C=O) groups is 1. The predicted octanol–water partition coefficient (Wildman–Crippen LogP) is 4.63. The quantitative estimate of drug-likeness (QED) is 0.367. The summed E-state index contributed by atoms with van der Waals surface area (Å²) in [6, 6.07) is 0.207. The van der Waals surface area contributed by atoms with Crippen LogP contribution >= 0.6 is 0 Å². The zero-order chi connectivity index (χ0) is 19.0. The third kappa shape index (κ3) is 10.8. The summed E-state index contributed by atoms with van der Waals surface area (Å²) in [7, 11) is 0. The molecule has 152 valence electrons. The van der Waals surface area contributed by atoms with Gasteiger partial charge in [-0.2, -0.15) is 0 Å². The average molecular weight is 369 g/mol. The van der Waals surface area contributed by atoms with Crippen molar-refractivity contribution in [1.82, 2.24) is 4.90 Å². The normalized spacial score (nSPS) is 16.9. The van der Waals surface area contributed by atoms with E-state index in [1.165, 1.54) is 77.0 Å². The van der Waals surface area contributed by atoms with Crippen molar-refractivity contribution in [2.75, 3.05) is 19.7 Å². The summed E-state index contributed by atoms with van der Waals surface area (Å²) in [5, 5.41) is 18.1. The van der Waals surface area contributed by atoms with Gasteiger partial charge in [-0.05, 0) is 6.42 Å². The van der Waals surface area contributed by atoms with Crippen molar-refractivity contribution >= 4 is 11.8 Å². The van der Waals surface area contributed by atoms with Gasteiger partial charge in [0, 0.05) is 13.1 Å². The predicted molar refractivity (Wildman–Crippen MR) is 108 cm³/mol. The number of carboxylic acid groups (broad SMARTS) is 1. The minimum absolute atomic E-state index is 0.0328. The lowest BCUT2D eigenvalue weighted by Gasteiger charge is -2.18. The molecule has 26 heavy (non-hydrogen) atoms. The highest BCUT2D eigenvalue weighted by Crippen LogP contribution is 2.18. The van der Waals surface area contributed by atoms with Crippen LogP contribution in [0.5, 0.6) is 0 Å². The molecule has 1 aliphatic rings. The van der Waals surface area contributed by atoms with Gasteiger partial charge in [0.2, 0.25) is 0 Å². The van der Waals surface area contributed by atoms with Crippen LogP contribution in [0, 0.1) is 0 Å². The lowest BCUT2D eigenvalue weighted by atomic mass is 10.0. The molecule has 5 nitrogen and oxygen atoms in total. The minimum Gasteiger partial charge on any atom is -0.481 e. The first-order valence-electron chi connectivity index (χ1n) is 10.8. The Morgan fingerprint density at radius 3 is 2.04 bits per heavy atom. The smallest absolute Gasteiger partial charge is 0.310 e. The molecule has 1 rings (SSSR count). The molecule has 0 amide bonds. The zero-order valence-electron chi connectivity index (χ0n) is 16.8. The second-order valence-electron chi connectivity index (χ2n) is 7.62. The molecule has 1 atom stereocenters. The molecule has 2 N–H and O–H groups in total. The molecule has 0 radical (unpaired) electrons. The second-order valence-corrected chi connectivity index (χ2v) is 7.62. The highest BCUT2D eigenvalue weighted by atomic mass is 16.4. The standard InChI is InChI=1S/C21H40N2O3/c1-2-3-4-5-6-7-8-9-10-11-12-13-14-19-18-23(15-16-24)20(22-19)17-21(25)26/h19,24H,2-18H2,1H3,(H,25,26). The molecule has 0 fully saturated rings. The van der Waals surface area contributed by atoms with E-state index in [4.69, 9.17) is 10.2 Å². The molecule has 1 aliphatic heterocycles. The SMILES string of the molecule is CCCCCCCCCCCCCCC1CN(CCO)C(CC(=O)O)=N1. The van der Waals surface area contributed by atoms with Crippen LogP contribution in [0.2, 0.25) is 0 Å². The Labute approximate surface area is 159 Å². The molecule has 5 heteroatoms. The van der Waals surface area contributed by atoms with Crippen molar-refractivity contribution in [3.63, 3.8) is 0 Å². The zero-order valence-corrected chi connectivity index (χ0v) is 16.8. The van der Waals surface area contributed by atoms with E-state index in [-0.39, 0.29) is 19.1 Å². The van der Waals surface area contributed by atoms with Gasteiger partial charge in [0.25, 0.3) is 0 Å². The Hall–Kier alpha value is -1.10. The van der Waals surface area contributed by atoms with Crippen LogP contribution in [0.4, 0.5) is 0 Å². The summed E-state index contributed by atoms with van der Waals surface area (Å²) in [6.07, 6.45) is 17.1. The molecule has 1 unspecified atom stereocenters. The Balaban J connectivity index is 2.00. The van der Waals surface area contributed by atoms with Gasteiger partial charge in [0.15, 0.2) is 0 Å². The molecule has 1 heterocycles. The summed E-state index contributed by atoms with van der Waals surface area (Å²) in [5.74, 6) is -0.215. The van der Waals surface area contributed by atoms with Gasteiger partial charge < -0.3 is 15.1 Å². The van der Waals surface area contributed by atoms with E-state index < -0.39 is 5.97 Å². The van der Waals surface area contributed by atoms with E-state index in [1.54, 1.807) is 0 Å². The largest absolute Gasteiger partial charge is 0.481 e. The van der Waals surface area contributed by atoms with Crippen molar-refractivity contribution in [3.05, 3.63) is 0 Å². The van der Waals surface area contributed by atoms with Gasteiger partial charge >= 0.3 is 5.97 Å². The average Bonchev–Trinajstić information content (AvgIpc) is 2.97. The van der Waals surface area contributed by atoms with Gasteiger partial charge in [0.1, 0.15) is 12.3 Å². The second kappa shape index (κ2) is 15.0. The number of amidine groups is 1. The molecule has 0 aromatic carbocycles. The van der Waals surface area contributed by atoms with E-state index in [0.29, 0.717) is 12.4 Å². The topological polar surface area (TPSA) is 73.1 Å². The number of β-amino-alcohol motifs (C(OH)–C–C–N with tert-alkyl or cyclic N) is 1. The summed E-state index contributed by atoms with van der Waals surface area (Å²) in [5.41, 5.74) is 0. The van der Waals surface area contributed by atoms with Crippen LogP contribution in [-0.2, 0) is 4.79 Å². The van der Waals surface area contributed by atoms with E-state index in [9.17, 15) is 4.79 Å². The number of aliphatic imine (C=N–C) groups is 1. The lowest BCUT2D eigenvalue weighted by molar-refractivity contribution is -0.135. The molecule has 0 saturated heterocycles. The fourth-order valence-electron chi connectivity index (χ4n) is 3.70. The van der Waals surface area contributed by atoms with Crippen LogP contribution in [0.1, 0.15) is 96.8 Å². The molecule has 0 aromatic rings. The Bertz CT molecular complexity index is 399. The highest BCUT2D eigenvalue weighted by molar-refractivity contribution is 5.97. The molecular weight excluding hydrogens is 328 g/mol. The number of unbranched alkanes of at least 4 members (excludes halogenated alkanes) is 11. The maximum absolute atomic E-state index is 10.9. The van der Waals surface area contributed by atoms with Crippen LogP contribution in [-0.4, -0.2) is 52.7 Å². The van der Waals surface area contributed by atoms with Gasteiger partial charge in [-0.25, -0.2) is 0 Å². The molecule has 0 aromatic heterocycles.